The molecule has 88 valence electrons. The maximum Gasteiger partial charge on any atom is 0.181 e. The van der Waals surface area contributed by atoms with Crippen LogP contribution in [0, 0.1) is 3.57 Å². The Kier molecular flexibility index (Phi) is 3.13. The van der Waals surface area contributed by atoms with Gasteiger partial charge in [0.1, 0.15) is 6.33 Å². The molecule has 1 aliphatic carbocycles. The molecule has 0 bridgehead atoms. The first-order valence-corrected chi connectivity index (χ1v) is 7.08. The summed E-state index contributed by atoms with van der Waals surface area (Å²) in [7, 11) is 0. The third-order valence-corrected chi connectivity index (χ3v) is 4.03. The Bertz CT molecular complexity index is 498. The van der Waals surface area contributed by atoms with E-state index in [0.29, 0.717) is 6.04 Å². The van der Waals surface area contributed by atoms with Gasteiger partial charge in [-0.1, -0.05) is 25.0 Å². The van der Waals surface area contributed by atoms with Crippen molar-refractivity contribution in [2.24, 2.45) is 0 Å². The Hall–Kier alpha value is -0.910. The Morgan fingerprint density at radius 3 is 2.53 bits per heavy atom. The van der Waals surface area contributed by atoms with E-state index < -0.39 is 0 Å². The fourth-order valence-corrected chi connectivity index (χ4v) is 2.71. The largest absolute Gasteiger partial charge is 0.249 e. The van der Waals surface area contributed by atoms with E-state index in [9.17, 15) is 0 Å². The second-order valence-corrected chi connectivity index (χ2v) is 5.74. The highest BCUT2D eigenvalue weighted by Gasteiger charge is 2.18. The van der Waals surface area contributed by atoms with Gasteiger partial charge in [-0.2, -0.15) is 5.10 Å². The van der Waals surface area contributed by atoms with Crippen molar-refractivity contribution in [3.8, 4) is 11.4 Å². The summed E-state index contributed by atoms with van der Waals surface area (Å²) in [5.41, 5.74) is 1.10. The van der Waals surface area contributed by atoms with E-state index in [-0.39, 0.29) is 0 Å². The molecule has 1 fully saturated rings. The highest BCUT2D eigenvalue weighted by Crippen LogP contribution is 2.29. The molecule has 0 N–H and O–H groups in total. The lowest BCUT2D eigenvalue weighted by Crippen LogP contribution is -2.04. The monoisotopic (exact) mass is 339 g/mol. The lowest BCUT2D eigenvalue weighted by atomic mass is 10.2. The van der Waals surface area contributed by atoms with Crippen molar-refractivity contribution in [1.82, 2.24) is 14.8 Å². The van der Waals surface area contributed by atoms with Gasteiger partial charge in [0.15, 0.2) is 5.82 Å². The number of rotatable bonds is 2. The lowest BCUT2D eigenvalue weighted by Gasteiger charge is -2.07. The SMILES string of the molecule is Ic1ccc(-c2ncn(C3CCCC3)n2)cc1. The first kappa shape index (κ1) is 11.2. The number of hydrogen-bond donors (Lipinski definition) is 0. The molecular weight excluding hydrogens is 325 g/mol. The zero-order valence-electron chi connectivity index (χ0n) is 9.51. The summed E-state index contributed by atoms with van der Waals surface area (Å²) in [5.74, 6) is 0.841. The normalized spacial score (nSPS) is 16.5. The minimum Gasteiger partial charge on any atom is -0.249 e. The minimum atomic E-state index is 0.570. The van der Waals surface area contributed by atoms with Crippen molar-refractivity contribution in [3.63, 3.8) is 0 Å². The van der Waals surface area contributed by atoms with E-state index in [4.69, 9.17) is 0 Å². The summed E-state index contributed by atoms with van der Waals surface area (Å²) in [5, 5.41) is 4.60. The molecule has 1 aromatic heterocycles. The van der Waals surface area contributed by atoms with Crippen LogP contribution in [-0.2, 0) is 0 Å². The molecule has 1 heterocycles. The predicted octanol–water partition coefficient (Wildman–Crippen LogP) is 3.66. The maximum atomic E-state index is 4.60. The molecule has 3 rings (SSSR count). The number of nitrogens with zero attached hydrogens (tertiary/aromatic N) is 3. The van der Waals surface area contributed by atoms with Gasteiger partial charge in [0, 0.05) is 9.13 Å². The standard InChI is InChI=1S/C13H14IN3/c14-11-7-5-10(6-8-11)13-15-9-17(16-13)12-3-1-2-4-12/h5-9,12H,1-4H2. The van der Waals surface area contributed by atoms with E-state index in [1.807, 2.05) is 11.0 Å². The van der Waals surface area contributed by atoms with Crippen molar-refractivity contribution < 1.29 is 0 Å². The van der Waals surface area contributed by atoms with Crippen LogP contribution < -0.4 is 0 Å². The average Bonchev–Trinajstić information content (AvgIpc) is 3.00. The van der Waals surface area contributed by atoms with Gasteiger partial charge in [0.25, 0.3) is 0 Å². The molecule has 0 atom stereocenters. The number of benzene rings is 1. The smallest absolute Gasteiger partial charge is 0.181 e. The first-order valence-electron chi connectivity index (χ1n) is 6.00. The Morgan fingerprint density at radius 1 is 1.12 bits per heavy atom. The van der Waals surface area contributed by atoms with Crippen molar-refractivity contribution in [2.75, 3.05) is 0 Å². The van der Waals surface area contributed by atoms with Crippen LogP contribution in [-0.4, -0.2) is 14.8 Å². The zero-order valence-corrected chi connectivity index (χ0v) is 11.7. The summed E-state index contributed by atoms with van der Waals surface area (Å²) in [6.45, 7) is 0. The van der Waals surface area contributed by atoms with Gasteiger partial charge in [0.2, 0.25) is 0 Å². The molecule has 1 aromatic carbocycles. The molecule has 1 aliphatic rings. The summed E-state index contributed by atoms with van der Waals surface area (Å²) >= 11 is 2.31. The van der Waals surface area contributed by atoms with Gasteiger partial charge in [0.05, 0.1) is 6.04 Å². The third kappa shape index (κ3) is 2.36. The predicted molar refractivity (Wildman–Crippen MR) is 75.7 cm³/mol. The van der Waals surface area contributed by atoms with E-state index in [1.165, 1.54) is 29.3 Å². The summed E-state index contributed by atoms with van der Waals surface area (Å²) in [6, 6.07) is 8.91. The topological polar surface area (TPSA) is 30.7 Å². The maximum absolute atomic E-state index is 4.60. The van der Waals surface area contributed by atoms with Gasteiger partial charge in [-0.3, -0.25) is 0 Å². The summed E-state index contributed by atoms with van der Waals surface area (Å²) < 4.78 is 3.28. The third-order valence-electron chi connectivity index (χ3n) is 3.31. The van der Waals surface area contributed by atoms with E-state index in [2.05, 4.69) is 56.9 Å². The van der Waals surface area contributed by atoms with Gasteiger partial charge in [-0.25, -0.2) is 9.67 Å². The van der Waals surface area contributed by atoms with Crippen LogP contribution in [0.2, 0.25) is 0 Å². The quantitative estimate of drug-likeness (QED) is 0.782. The van der Waals surface area contributed by atoms with Crippen molar-refractivity contribution in [2.45, 2.75) is 31.7 Å². The Labute approximate surface area is 114 Å². The highest BCUT2D eigenvalue weighted by atomic mass is 127. The van der Waals surface area contributed by atoms with E-state index in [0.717, 1.165) is 11.4 Å². The fourth-order valence-electron chi connectivity index (χ4n) is 2.35. The van der Waals surface area contributed by atoms with Crippen LogP contribution in [0.4, 0.5) is 0 Å². The van der Waals surface area contributed by atoms with Crippen LogP contribution in [0.25, 0.3) is 11.4 Å². The number of hydrogen-bond acceptors (Lipinski definition) is 2. The van der Waals surface area contributed by atoms with Crippen molar-refractivity contribution >= 4 is 22.6 Å². The number of aromatic nitrogens is 3. The van der Waals surface area contributed by atoms with Gasteiger partial charge < -0.3 is 0 Å². The fraction of sp³-hybridized carbons (Fsp3) is 0.385. The van der Waals surface area contributed by atoms with E-state index >= 15 is 0 Å². The molecule has 1 saturated carbocycles. The lowest BCUT2D eigenvalue weighted by molar-refractivity contribution is 0.466. The molecule has 0 aliphatic heterocycles. The van der Waals surface area contributed by atoms with Gasteiger partial charge in [-0.05, 0) is 47.6 Å². The van der Waals surface area contributed by atoms with Crippen molar-refractivity contribution in [1.29, 1.82) is 0 Å². The van der Waals surface area contributed by atoms with Crippen LogP contribution in [0.1, 0.15) is 31.7 Å². The first-order chi connectivity index (χ1) is 8.33. The average molecular weight is 339 g/mol. The highest BCUT2D eigenvalue weighted by molar-refractivity contribution is 14.1. The molecule has 0 amide bonds. The summed E-state index contributed by atoms with van der Waals surface area (Å²) in [6.07, 6.45) is 7.01. The van der Waals surface area contributed by atoms with Crippen LogP contribution in [0.3, 0.4) is 0 Å². The van der Waals surface area contributed by atoms with E-state index in [1.54, 1.807) is 0 Å². The Morgan fingerprint density at radius 2 is 1.82 bits per heavy atom. The summed E-state index contributed by atoms with van der Waals surface area (Å²) in [4.78, 5) is 4.41. The van der Waals surface area contributed by atoms with Crippen LogP contribution in [0.5, 0.6) is 0 Å². The molecule has 3 nitrogen and oxygen atoms in total. The molecular formula is C13H14IN3. The molecule has 0 radical (unpaired) electrons. The minimum absolute atomic E-state index is 0.570. The zero-order chi connectivity index (χ0) is 11.7. The molecule has 2 aromatic rings. The van der Waals surface area contributed by atoms with Crippen LogP contribution in [0.15, 0.2) is 30.6 Å². The second kappa shape index (κ2) is 4.76. The van der Waals surface area contributed by atoms with Gasteiger partial charge >= 0.3 is 0 Å². The molecule has 0 saturated heterocycles. The second-order valence-electron chi connectivity index (χ2n) is 4.49. The molecule has 0 unspecified atom stereocenters. The molecule has 4 heteroatoms. The number of halogens is 1. The van der Waals surface area contributed by atoms with Gasteiger partial charge in [-0.15, -0.1) is 0 Å². The Balaban J connectivity index is 1.86. The van der Waals surface area contributed by atoms with Crippen molar-refractivity contribution in [3.05, 3.63) is 34.2 Å². The van der Waals surface area contributed by atoms with Crippen LogP contribution >= 0.6 is 22.6 Å². The molecule has 17 heavy (non-hydrogen) atoms. The molecule has 0 spiro atoms.